The van der Waals surface area contributed by atoms with Crippen LogP contribution >= 0.6 is 11.6 Å². The number of nitrogens with one attached hydrogen (secondary N) is 1. The van der Waals surface area contributed by atoms with Gasteiger partial charge in [-0.1, -0.05) is 23.7 Å². The van der Waals surface area contributed by atoms with Gasteiger partial charge in [0.2, 0.25) is 5.78 Å². The van der Waals surface area contributed by atoms with Crippen molar-refractivity contribution >= 4 is 34.5 Å². The quantitative estimate of drug-likeness (QED) is 0.392. The Balaban J connectivity index is 1.63. The number of carbonyl (C=O) groups excluding carboxylic acids is 1. The summed E-state index contributed by atoms with van der Waals surface area (Å²) in [5.41, 5.74) is 1.97. The van der Waals surface area contributed by atoms with E-state index in [1.54, 1.807) is 22.9 Å². The van der Waals surface area contributed by atoms with Crippen LogP contribution in [0.15, 0.2) is 41.6 Å². The van der Waals surface area contributed by atoms with Crippen LogP contribution in [0, 0.1) is 0 Å². The second-order valence-electron chi connectivity index (χ2n) is 6.05. The van der Waals surface area contributed by atoms with Crippen molar-refractivity contribution in [2.45, 2.75) is 13.7 Å². The average Bonchev–Trinajstić information content (AvgIpc) is 3.27. The SMILES string of the molecule is CC(=O)OCCOCn1cnc2c(=O)n3cc(-c4ccc(Cl)cc4)[nH]c3nc21. The molecule has 0 saturated heterocycles. The minimum absolute atomic E-state index is 0.130. The molecule has 10 heteroatoms. The van der Waals surface area contributed by atoms with Crippen molar-refractivity contribution in [3.05, 3.63) is 52.2 Å². The summed E-state index contributed by atoms with van der Waals surface area (Å²) in [6.45, 7) is 1.85. The zero-order valence-electron chi connectivity index (χ0n) is 14.9. The van der Waals surface area contributed by atoms with Gasteiger partial charge in [0, 0.05) is 18.1 Å². The highest BCUT2D eigenvalue weighted by atomic mass is 35.5. The Kier molecular flexibility index (Phi) is 4.84. The lowest BCUT2D eigenvalue weighted by molar-refractivity contribution is -0.142. The van der Waals surface area contributed by atoms with E-state index < -0.39 is 0 Å². The first kappa shape index (κ1) is 18.2. The van der Waals surface area contributed by atoms with Crippen LogP contribution in [-0.4, -0.2) is 43.1 Å². The first-order chi connectivity index (χ1) is 13.5. The Labute approximate surface area is 163 Å². The van der Waals surface area contributed by atoms with Crippen LogP contribution in [0.1, 0.15) is 6.92 Å². The second-order valence-corrected chi connectivity index (χ2v) is 6.49. The van der Waals surface area contributed by atoms with Gasteiger partial charge in [0.05, 0.1) is 18.6 Å². The van der Waals surface area contributed by atoms with E-state index in [0.29, 0.717) is 16.4 Å². The van der Waals surface area contributed by atoms with E-state index in [0.717, 1.165) is 11.3 Å². The molecule has 0 spiro atoms. The molecule has 28 heavy (non-hydrogen) atoms. The summed E-state index contributed by atoms with van der Waals surface area (Å²) in [7, 11) is 0. The van der Waals surface area contributed by atoms with Crippen molar-refractivity contribution in [1.82, 2.24) is 23.9 Å². The molecule has 0 amide bonds. The van der Waals surface area contributed by atoms with Crippen molar-refractivity contribution < 1.29 is 14.3 Å². The fraction of sp³-hybridized carbons (Fsp3) is 0.222. The molecule has 0 aliphatic rings. The van der Waals surface area contributed by atoms with Gasteiger partial charge < -0.3 is 14.5 Å². The van der Waals surface area contributed by atoms with Gasteiger partial charge in [0.15, 0.2) is 11.2 Å². The molecular formula is C18H16ClN5O4. The number of benzene rings is 1. The summed E-state index contributed by atoms with van der Waals surface area (Å²) in [6, 6.07) is 7.26. The van der Waals surface area contributed by atoms with Crippen molar-refractivity contribution in [3.63, 3.8) is 0 Å². The van der Waals surface area contributed by atoms with E-state index in [2.05, 4.69) is 15.0 Å². The predicted octanol–water partition coefficient (Wildman–Crippen LogP) is 2.23. The number of rotatable bonds is 6. The third-order valence-corrected chi connectivity index (χ3v) is 4.35. The Bertz CT molecular complexity index is 1210. The van der Waals surface area contributed by atoms with Gasteiger partial charge in [-0.15, -0.1) is 0 Å². The Morgan fingerprint density at radius 2 is 2.04 bits per heavy atom. The maximum absolute atomic E-state index is 12.8. The molecule has 0 aliphatic carbocycles. The van der Waals surface area contributed by atoms with E-state index >= 15 is 0 Å². The smallest absolute Gasteiger partial charge is 0.302 e. The summed E-state index contributed by atoms with van der Waals surface area (Å²) in [5, 5.41) is 0.632. The second kappa shape index (κ2) is 7.45. The number of aromatic nitrogens is 5. The monoisotopic (exact) mass is 401 g/mol. The highest BCUT2D eigenvalue weighted by molar-refractivity contribution is 6.30. The lowest BCUT2D eigenvalue weighted by Crippen LogP contribution is -2.15. The molecule has 0 bridgehead atoms. The molecule has 3 aromatic heterocycles. The number of fused-ring (bicyclic) bond motifs is 2. The zero-order valence-corrected chi connectivity index (χ0v) is 15.6. The molecule has 3 heterocycles. The average molecular weight is 402 g/mol. The summed E-state index contributed by atoms with van der Waals surface area (Å²) < 4.78 is 13.3. The highest BCUT2D eigenvalue weighted by Gasteiger charge is 2.14. The van der Waals surface area contributed by atoms with E-state index in [1.807, 2.05) is 12.1 Å². The van der Waals surface area contributed by atoms with Crippen LogP contribution in [0.2, 0.25) is 5.02 Å². The van der Waals surface area contributed by atoms with Crippen LogP contribution in [0.5, 0.6) is 0 Å². The Morgan fingerprint density at radius 3 is 2.79 bits per heavy atom. The van der Waals surface area contributed by atoms with Gasteiger partial charge >= 0.3 is 5.97 Å². The Morgan fingerprint density at radius 1 is 1.25 bits per heavy atom. The van der Waals surface area contributed by atoms with Gasteiger partial charge in [0.25, 0.3) is 5.56 Å². The van der Waals surface area contributed by atoms with Crippen LogP contribution in [0.4, 0.5) is 0 Å². The summed E-state index contributed by atoms with van der Waals surface area (Å²) in [5.74, 6) is 0.0288. The van der Waals surface area contributed by atoms with Crippen LogP contribution < -0.4 is 5.56 Å². The number of aromatic amines is 1. The molecule has 4 aromatic rings. The van der Waals surface area contributed by atoms with Gasteiger partial charge in [-0.25, -0.2) is 9.38 Å². The molecule has 0 saturated carbocycles. The Hall–Kier alpha value is -3.17. The number of carbonyl (C=O) groups is 1. The van der Waals surface area contributed by atoms with Gasteiger partial charge in [0.1, 0.15) is 13.3 Å². The maximum Gasteiger partial charge on any atom is 0.302 e. The lowest BCUT2D eigenvalue weighted by atomic mass is 10.2. The summed E-state index contributed by atoms with van der Waals surface area (Å²) in [4.78, 5) is 35.3. The van der Waals surface area contributed by atoms with Gasteiger partial charge in [-0.2, -0.15) is 4.98 Å². The van der Waals surface area contributed by atoms with E-state index in [4.69, 9.17) is 21.1 Å². The minimum atomic E-state index is -0.364. The lowest BCUT2D eigenvalue weighted by Gasteiger charge is -2.05. The number of nitrogens with zero attached hydrogens (tertiary/aromatic N) is 4. The minimum Gasteiger partial charge on any atom is -0.463 e. The normalized spacial score (nSPS) is 11.4. The number of halogens is 1. The molecule has 0 unspecified atom stereocenters. The highest BCUT2D eigenvalue weighted by Crippen LogP contribution is 2.21. The zero-order chi connectivity index (χ0) is 19.7. The number of hydrogen-bond acceptors (Lipinski definition) is 6. The molecule has 0 aliphatic heterocycles. The van der Waals surface area contributed by atoms with Crippen molar-refractivity contribution in [1.29, 1.82) is 0 Å². The fourth-order valence-electron chi connectivity index (χ4n) is 2.78. The molecule has 1 aromatic carbocycles. The van der Waals surface area contributed by atoms with E-state index in [-0.39, 0.29) is 37.0 Å². The largest absolute Gasteiger partial charge is 0.463 e. The molecule has 0 radical (unpaired) electrons. The molecule has 1 N–H and O–H groups in total. The van der Waals surface area contributed by atoms with Crippen LogP contribution in [0.25, 0.3) is 28.2 Å². The van der Waals surface area contributed by atoms with Crippen molar-refractivity contribution in [3.8, 4) is 11.3 Å². The van der Waals surface area contributed by atoms with Crippen LogP contribution in [-0.2, 0) is 21.0 Å². The van der Waals surface area contributed by atoms with E-state index in [9.17, 15) is 9.59 Å². The third kappa shape index (κ3) is 3.49. The van der Waals surface area contributed by atoms with Crippen molar-refractivity contribution in [2.24, 2.45) is 0 Å². The van der Waals surface area contributed by atoms with Crippen LogP contribution in [0.3, 0.4) is 0 Å². The summed E-state index contributed by atoms with van der Waals surface area (Å²) >= 11 is 5.93. The standard InChI is InChI=1S/C18H16ClN5O4/c1-11(25)28-7-6-27-10-23-9-20-15-16(23)22-18-21-14(8-24(18)17(15)26)12-2-4-13(19)5-3-12/h2-5,8-9H,6-7,10H2,1H3,(H,21,22). The molecule has 0 atom stereocenters. The number of ether oxygens (including phenoxy) is 2. The number of imidazole rings is 2. The number of hydrogen-bond donors (Lipinski definition) is 1. The number of H-pyrrole nitrogens is 1. The topological polar surface area (TPSA) is 104 Å². The summed E-state index contributed by atoms with van der Waals surface area (Å²) in [6.07, 6.45) is 3.17. The maximum atomic E-state index is 12.8. The first-order valence-corrected chi connectivity index (χ1v) is 8.84. The molecular weight excluding hydrogens is 386 g/mol. The van der Waals surface area contributed by atoms with E-state index in [1.165, 1.54) is 17.7 Å². The van der Waals surface area contributed by atoms with Gasteiger partial charge in [-0.05, 0) is 17.7 Å². The predicted molar refractivity (Wildman–Crippen MR) is 102 cm³/mol. The molecule has 144 valence electrons. The molecule has 9 nitrogen and oxygen atoms in total. The number of esters is 1. The molecule has 0 fully saturated rings. The fourth-order valence-corrected chi connectivity index (χ4v) is 2.90. The van der Waals surface area contributed by atoms with Gasteiger partial charge in [-0.3, -0.25) is 14.2 Å². The first-order valence-electron chi connectivity index (χ1n) is 8.46. The molecule has 4 rings (SSSR count). The van der Waals surface area contributed by atoms with Crippen molar-refractivity contribution in [2.75, 3.05) is 13.2 Å². The third-order valence-electron chi connectivity index (χ3n) is 4.09.